The van der Waals surface area contributed by atoms with E-state index >= 15 is 0 Å². The normalized spacial score (nSPS) is 15.5. The molecule has 0 aliphatic carbocycles. The second-order valence-corrected chi connectivity index (χ2v) is 7.02. The number of amides is 2. The van der Waals surface area contributed by atoms with E-state index in [0.29, 0.717) is 18.8 Å². The van der Waals surface area contributed by atoms with E-state index in [2.05, 4.69) is 24.4 Å². The summed E-state index contributed by atoms with van der Waals surface area (Å²) in [6.07, 6.45) is 2.51. The summed E-state index contributed by atoms with van der Waals surface area (Å²) in [5.74, 6) is 0.853. The minimum absolute atomic E-state index is 0.0645. The van der Waals surface area contributed by atoms with E-state index in [1.807, 2.05) is 24.0 Å². The Morgan fingerprint density at radius 2 is 1.96 bits per heavy atom. The summed E-state index contributed by atoms with van der Waals surface area (Å²) in [4.78, 5) is 27.4. The summed E-state index contributed by atoms with van der Waals surface area (Å²) >= 11 is 1.60. The lowest BCUT2D eigenvalue weighted by molar-refractivity contribution is -0.133. The van der Waals surface area contributed by atoms with Gasteiger partial charge < -0.3 is 10.2 Å². The number of nitrogens with zero attached hydrogens (tertiary/aromatic N) is 1. The van der Waals surface area contributed by atoms with Crippen LogP contribution in [0, 0.1) is 12.8 Å². The second-order valence-electron chi connectivity index (χ2n) is 6.00. The summed E-state index contributed by atoms with van der Waals surface area (Å²) in [5.41, 5.74) is 1.21. The Bertz CT molecular complexity index is 540. The molecule has 0 radical (unpaired) electrons. The highest BCUT2D eigenvalue weighted by Crippen LogP contribution is 2.23. The van der Waals surface area contributed by atoms with Gasteiger partial charge >= 0.3 is 0 Å². The molecule has 5 heteroatoms. The van der Waals surface area contributed by atoms with Crippen LogP contribution in [0.3, 0.4) is 0 Å². The third kappa shape index (κ3) is 5.27. The fraction of sp³-hybridized carbons (Fsp3) is 0.556. The first kappa shape index (κ1) is 17.9. The van der Waals surface area contributed by atoms with Gasteiger partial charge in [-0.2, -0.15) is 0 Å². The summed E-state index contributed by atoms with van der Waals surface area (Å²) < 4.78 is 0. The standard InChI is InChI=1S/C18H26N2O2S/c1-3-10-19-18(22)15-8-11-20(12-9-15)17(21)13-23-16-7-5-4-6-14(16)2/h4-7,15H,3,8-13H2,1-2H3,(H,19,22). The van der Waals surface area contributed by atoms with Gasteiger partial charge in [0, 0.05) is 30.4 Å². The largest absolute Gasteiger partial charge is 0.356 e. The van der Waals surface area contributed by atoms with Crippen LogP contribution in [-0.2, 0) is 9.59 Å². The number of carbonyl (C=O) groups excluding carboxylic acids is 2. The maximum absolute atomic E-state index is 12.3. The van der Waals surface area contributed by atoms with Crippen molar-refractivity contribution in [2.45, 2.75) is 38.0 Å². The molecule has 1 heterocycles. The van der Waals surface area contributed by atoms with Gasteiger partial charge in [0.05, 0.1) is 5.75 Å². The third-order valence-corrected chi connectivity index (χ3v) is 5.37. The zero-order valence-electron chi connectivity index (χ0n) is 14.0. The molecule has 0 aromatic heterocycles. The topological polar surface area (TPSA) is 49.4 Å². The lowest BCUT2D eigenvalue weighted by atomic mass is 9.96. The van der Waals surface area contributed by atoms with Crippen molar-refractivity contribution >= 4 is 23.6 Å². The number of hydrogen-bond donors (Lipinski definition) is 1. The fourth-order valence-electron chi connectivity index (χ4n) is 2.73. The number of piperidine rings is 1. The van der Waals surface area contributed by atoms with Gasteiger partial charge in [-0.1, -0.05) is 25.1 Å². The SMILES string of the molecule is CCCNC(=O)C1CCN(C(=O)CSc2ccccc2C)CC1. The number of likely N-dealkylation sites (tertiary alicyclic amines) is 1. The number of hydrogen-bond acceptors (Lipinski definition) is 3. The zero-order chi connectivity index (χ0) is 16.7. The van der Waals surface area contributed by atoms with E-state index in [1.165, 1.54) is 5.56 Å². The van der Waals surface area contributed by atoms with Gasteiger partial charge in [-0.05, 0) is 37.8 Å². The molecule has 1 aromatic carbocycles. The number of nitrogens with one attached hydrogen (secondary N) is 1. The minimum atomic E-state index is 0.0645. The molecule has 1 fully saturated rings. The average Bonchev–Trinajstić information content (AvgIpc) is 2.59. The highest BCUT2D eigenvalue weighted by molar-refractivity contribution is 8.00. The van der Waals surface area contributed by atoms with Crippen LogP contribution in [0.1, 0.15) is 31.7 Å². The number of aryl methyl sites for hydroxylation is 1. The molecule has 1 aliphatic heterocycles. The van der Waals surface area contributed by atoms with E-state index < -0.39 is 0 Å². The second kappa shape index (κ2) is 8.96. The Hall–Kier alpha value is -1.49. The smallest absolute Gasteiger partial charge is 0.232 e. The molecule has 0 spiro atoms. The maximum atomic E-state index is 12.3. The molecule has 0 saturated carbocycles. The Balaban J connectivity index is 1.75. The summed E-state index contributed by atoms with van der Waals surface area (Å²) in [6, 6.07) is 8.13. The number of rotatable bonds is 6. The average molecular weight is 334 g/mol. The molecule has 23 heavy (non-hydrogen) atoms. The van der Waals surface area contributed by atoms with Crippen LogP contribution in [-0.4, -0.2) is 42.1 Å². The van der Waals surface area contributed by atoms with Crippen molar-refractivity contribution in [1.29, 1.82) is 0 Å². The molecule has 1 N–H and O–H groups in total. The summed E-state index contributed by atoms with van der Waals surface area (Å²) in [7, 11) is 0. The Morgan fingerprint density at radius 3 is 2.61 bits per heavy atom. The van der Waals surface area contributed by atoms with Crippen LogP contribution in [0.5, 0.6) is 0 Å². The van der Waals surface area contributed by atoms with Crippen LogP contribution in [0.4, 0.5) is 0 Å². The highest BCUT2D eigenvalue weighted by Gasteiger charge is 2.26. The molecule has 2 rings (SSSR count). The van der Waals surface area contributed by atoms with Gasteiger partial charge in [-0.25, -0.2) is 0 Å². The Morgan fingerprint density at radius 1 is 1.26 bits per heavy atom. The molecular formula is C18H26N2O2S. The molecule has 1 saturated heterocycles. The predicted octanol–water partition coefficient (Wildman–Crippen LogP) is 2.85. The monoisotopic (exact) mass is 334 g/mol. The highest BCUT2D eigenvalue weighted by atomic mass is 32.2. The quantitative estimate of drug-likeness (QED) is 0.814. The maximum Gasteiger partial charge on any atom is 0.232 e. The lowest BCUT2D eigenvalue weighted by Gasteiger charge is -2.31. The van der Waals surface area contributed by atoms with Crippen LogP contribution >= 0.6 is 11.8 Å². The van der Waals surface area contributed by atoms with Crippen LogP contribution in [0.2, 0.25) is 0 Å². The Labute approximate surface area is 143 Å². The van der Waals surface area contributed by atoms with Crippen molar-refractivity contribution in [1.82, 2.24) is 10.2 Å². The van der Waals surface area contributed by atoms with Gasteiger partial charge in [-0.15, -0.1) is 11.8 Å². The van der Waals surface area contributed by atoms with E-state index in [1.54, 1.807) is 11.8 Å². The van der Waals surface area contributed by atoms with Crippen molar-refractivity contribution in [3.8, 4) is 0 Å². The van der Waals surface area contributed by atoms with E-state index in [0.717, 1.165) is 30.7 Å². The van der Waals surface area contributed by atoms with Crippen molar-refractivity contribution < 1.29 is 9.59 Å². The molecule has 1 aromatic rings. The first-order valence-corrected chi connectivity index (χ1v) is 9.34. The number of benzene rings is 1. The molecular weight excluding hydrogens is 308 g/mol. The van der Waals surface area contributed by atoms with Crippen molar-refractivity contribution in [2.75, 3.05) is 25.4 Å². The summed E-state index contributed by atoms with van der Waals surface area (Å²) in [5, 5.41) is 2.95. The van der Waals surface area contributed by atoms with Crippen LogP contribution < -0.4 is 5.32 Å². The van der Waals surface area contributed by atoms with E-state index in [9.17, 15) is 9.59 Å². The van der Waals surface area contributed by atoms with E-state index in [4.69, 9.17) is 0 Å². The molecule has 0 bridgehead atoms. The predicted molar refractivity (Wildman–Crippen MR) is 94.5 cm³/mol. The number of carbonyl (C=O) groups is 2. The molecule has 4 nitrogen and oxygen atoms in total. The zero-order valence-corrected chi connectivity index (χ0v) is 14.8. The van der Waals surface area contributed by atoms with Gasteiger partial charge in [-0.3, -0.25) is 9.59 Å². The van der Waals surface area contributed by atoms with Gasteiger partial charge in [0.25, 0.3) is 0 Å². The fourth-order valence-corrected chi connectivity index (χ4v) is 3.66. The van der Waals surface area contributed by atoms with Crippen molar-refractivity contribution in [3.63, 3.8) is 0 Å². The summed E-state index contributed by atoms with van der Waals surface area (Å²) in [6.45, 7) is 6.24. The molecule has 126 valence electrons. The van der Waals surface area contributed by atoms with Crippen molar-refractivity contribution in [3.05, 3.63) is 29.8 Å². The van der Waals surface area contributed by atoms with Gasteiger partial charge in [0.15, 0.2) is 0 Å². The van der Waals surface area contributed by atoms with Gasteiger partial charge in [0.2, 0.25) is 11.8 Å². The molecule has 1 aliphatic rings. The van der Waals surface area contributed by atoms with Crippen LogP contribution in [0.15, 0.2) is 29.2 Å². The molecule has 0 unspecified atom stereocenters. The first-order chi connectivity index (χ1) is 11.1. The molecule has 0 atom stereocenters. The minimum Gasteiger partial charge on any atom is -0.356 e. The third-order valence-electron chi connectivity index (χ3n) is 4.21. The molecule has 2 amide bonds. The van der Waals surface area contributed by atoms with Gasteiger partial charge in [0.1, 0.15) is 0 Å². The van der Waals surface area contributed by atoms with Crippen LogP contribution in [0.25, 0.3) is 0 Å². The first-order valence-electron chi connectivity index (χ1n) is 8.35. The lowest BCUT2D eigenvalue weighted by Crippen LogP contribution is -2.43. The van der Waals surface area contributed by atoms with E-state index in [-0.39, 0.29) is 17.7 Å². The number of thioether (sulfide) groups is 1. The Kier molecular flexibility index (Phi) is 6.96. The van der Waals surface area contributed by atoms with Crippen molar-refractivity contribution in [2.24, 2.45) is 5.92 Å².